The van der Waals surface area contributed by atoms with Crippen molar-refractivity contribution in [1.29, 1.82) is 0 Å². The van der Waals surface area contributed by atoms with Crippen molar-refractivity contribution in [2.75, 3.05) is 0 Å². The average Bonchev–Trinajstić information content (AvgIpc) is 1.94. The molecule has 9 heavy (non-hydrogen) atoms. The van der Waals surface area contributed by atoms with Gasteiger partial charge in [-0.1, -0.05) is 52.0 Å². The predicted octanol–water partition coefficient (Wildman–Crippen LogP) is 3.55. The molecule has 0 spiro atoms. The smallest absolute Gasteiger partial charge is 0.0350 e. The van der Waals surface area contributed by atoms with Crippen LogP contribution in [0.2, 0.25) is 0 Å². The fourth-order valence-corrected chi connectivity index (χ4v) is 0.359. The van der Waals surface area contributed by atoms with E-state index in [1.165, 1.54) is 12.8 Å². The van der Waals surface area contributed by atoms with Crippen molar-refractivity contribution in [2.45, 2.75) is 33.6 Å². The largest absolute Gasteiger partial charge is 0.0991 e. The van der Waals surface area contributed by atoms with Gasteiger partial charge in [0, 0.05) is 0 Å². The third kappa shape index (κ3) is 18.5. The molecule has 0 N–H and O–H groups in total. The second-order valence-electron chi connectivity index (χ2n) is 1.45. The summed E-state index contributed by atoms with van der Waals surface area (Å²) >= 11 is 0. The summed E-state index contributed by atoms with van der Waals surface area (Å²) in [5.41, 5.74) is 0. The van der Waals surface area contributed by atoms with Crippen LogP contribution in [0.4, 0.5) is 0 Å². The summed E-state index contributed by atoms with van der Waals surface area (Å²) in [6, 6.07) is 0. The molecule has 0 fully saturated rings. The maximum atomic E-state index is 3.55. The second-order valence-corrected chi connectivity index (χ2v) is 1.45. The molecule has 0 aromatic carbocycles. The summed E-state index contributed by atoms with van der Waals surface area (Å²) in [6.07, 6.45) is 8.29. The van der Waals surface area contributed by atoms with Crippen LogP contribution in [0.25, 0.3) is 0 Å². The Hall–Kier alpha value is -0.520. The number of unbranched alkanes of at least 4 members (excludes halogenated alkanes) is 1. The van der Waals surface area contributed by atoms with E-state index in [1.54, 1.807) is 6.08 Å². The zero-order valence-corrected chi connectivity index (χ0v) is 6.85. The summed E-state index contributed by atoms with van der Waals surface area (Å²) < 4.78 is 0. The zero-order valence-electron chi connectivity index (χ0n) is 6.85. The van der Waals surface area contributed by atoms with Crippen LogP contribution in [0.5, 0.6) is 0 Å². The molecule has 0 heterocycles. The van der Waals surface area contributed by atoms with Gasteiger partial charge in [0.05, 0.1) is 0 Å². The molecule has 0 saturated carbocycles. The van der Waals surface area contributed by atoms with Crippen LogP contribution in [-0.2, 0) is 0 Å². The number of rotatable bonds is 3. The first-order valence-corrected chi connectivity index (χ1v) is 3.69. The highest BCUT2D eigenvalue weighted by atomic mass is 13.7. The highest BCUT2D eigenvalue weighted by Crippen LogP contribution is 1.86. The Morgan fingerprint density at radius 2 is 1.89 bits per heavy atom. The van der Waals surface area contributed by atoms with Crippen LogP contribution in [0, 0.1) is 0 Å². The normalized spacial score (nSPS) is 8.33. The van der Waals surface area contributed by atoms with Crippen LogP contribution in [0.15, 0.2) is 24.8 Å². The Morgan fingerprint density at radius 1 is 1.33 bits per heavy atom. The van der Waals surface area contributed by atoms with Crippen molar-refractivity contribution < 1.29 is 0 Å². The third-order valence-electron chi connectivity index (χ3n) is 0.728. The van der Waals surface area contributed by atoms with Crippen LogP contribution >= 0.6 is 0 Å². The fraction of sp³-hybridized carbons (Fsp3) is 0.556. The highest BCUT2D eigenvalue weighted by molar-refractivity contribution is 4.96. The second kappa shape index (κ2) is 15.6. The first kappa shape index (κ1) is 11.3. The van der Waals surface area contributed by atoms with E-state index < -0.39 is 0 Å². The fourth-order valence-electron chi connectivity index (χ4n) is 0.359. The highest BCUT2D eigenvalue weighted by Gasteiger charge is 1.66. The molecule has 0 unspecified atom stereocenters. The van der Waals surface area contributed by atoms with Gasteiger partial charge in [0.2, 0.25) is 0 Å². The minimum absolute atomic E-state index is 1.17. The summed E-state index contributed by atoms with van der Waals surface area (Å²) in [5, 5.41) is 0. The van der Waals surface area contributed by atoms with Gasteiger partial charge in [-0.2, -0.15) is 0 Å². The van der Waals surface area contributed by atoms with Crippen LogP contribution in [0.3, 0.4) is 0 Å². The van der Waals surface area contributed by atoms with E-state index in [9.17, 15) is 0 Å². The lowest BCUT2D eigenvalue weighted by Gasteiger charge is -1.77. The lowest BCUT2D eigenvalue weighted by atomic mass is 10.3. The molecule has 0 rings (SSSR count). The van der Waals surface area contributed by atoms with Gasteiger partial charge in [-0.3, -0.25) is 0 Å². The number of hydrogen-bond donors (Lipinski definition) is 0. The summed E-state index contributed by atoms with van der Waals surface area (Å²) in [4.78, 5) is 0. The Morgan fingerprint density at radius 3 is 2.22 bits per heavy atom. The molecule has 0 amide bonds. The van der Waals surface area contributed by atoms with Crippen LogP contribution in [-0.4, -0.2) is 0 Å². The van der Waals surface area contributed by atoms with E-state index in [2.05, 4.69) is 19.6 Å². The van der Waals surface area contributed by atoms with Gasteiger partial charge in [-0.15, -0.1) is 0 Å². The van der Waals surface area contributed by atoms with Gasteiger partial charge in [0.25, 0.3) is 0 Å². The van der Waals surface area contributed by atoms with E-state index in [0.717, 1.165) is 0 Å². The number of allylic oxidation sites excluding steroid dienone is 3. The Bertz CT molecular complexity index is 60.4. The van der Waals surface area contributed by atoms with E-state index in [4.69, 9.17) is 0 Å². The van der Waals surface area contributed by atoms with Crippen molar-refractivity contribution in [1.82, 2.24) is 0 Å². The SMILES string of the molecule is C=C/C=C\CCC.CC. The van der Waals surface area contributed by atoms with Crippen molar-refractivity contribution >= 4 is 0 Å². The first-order chi connectivity index (χ1) is 4.41. The molecule has 0 radical (unpaired) electrons. The van der Waals surface area contributed by atoms with Gasteiger partial charge in [-0.25, -0.2) is 0 Å². The van der Waals surface area contributed by atoms with E-state index in [1.807, 2.05) is 19.9 Å². The van der Waals surface area contributed by atoms with Crippen LogP contribution in [0.1, 0.15) is 33.6 Å². The van der Waals surface area contributed by atoms with Crippen molar-refractivity contribution in [2.24, 2.45) is 0 Å². The Kier molecular flexibility index (Phi) is 19.6. The maximum absolute atomic E-state index is 3.55. The molecule has 0 saturated heterocycles. The minimum atomic E-state index is 1.17. The predicted molar refractivity (Wildman–Crippen MR) is 45.6 cm³/mol. The molecule has 0 aliphatic rings. The summed E-state index contributed by atoms with van der Waals surface area (Å²) in [7, 11) is 0. The van der Waals surface area contributed by atoms with Gasteiger partial charge in [0.15, 0.2) is 0 Å². The van der Waals surface area contributed by atoms with Gasteiger partial charge in [-0.05, 0) is 6.42 Å². The first-order valence-electron chi connectivity index (χ1n) is 3.69. The van der Waals surface area contributed by atoms with E-state index in [-0.39, 0.29) is 0 Å². The lowest BCUT2D eigenvalue weighted by molar-refractivity contribution is 0.959. The van der Waals surface area contributed by atoms with Crippen molar-refractivity contribution in [3.63, 3.8) is 0 Å². The quantitative estimate of drug-likeness (QED) is 0.507. The van der Waals surface area contributed by atoms with Crippen LogP contribution < -0.4 is 0 Å². The van der Waals surface area contributed by atoms with Gasteiger partial charge in [0.1, 0.15) is 0 Å². The third-order valence-corrected chi connectivity index (χ3v) is 0.728. The standard InChI is InChI=1S/C7H12.C2H6/c1-3-5-7-6-4-2;1-2/h3,5,7H,1,4,6H2,2H3;1-2H3/b7-5-;. The average molecular weight is 126 g/mol. The molecule has 0 aliphatic carbocycles. The Labute approximate surface area is 59.3 Å². The van der Waals surface area contributed by atoms with Gasteiger partial charge >= 0.3 is 0 Å². The molecule has 0 nitrogen and oxygen atoms in total. The monoisotopic (exact) mass is 126 g/mol. The molecule has 54 valence electrons. The number of hydrogen-bond acceptors (Lipinski definition) is 0. The Balaban J connectivity index is 0. The molecule has 0 aromatic rings. The van der Waals surface area contributed by atoms with Gasteiger partial charge < -0.3 is 0 Å². The lowest BCUT2D eigenvalue weighted by Crippen LogP contribution is -1.56. The molecule has 0 bridgehead atoms. The molecule has 0 aromatic heterocycles. The maximum Gasteiger partial charge on any atom is -0.0350 e. The van der Waals surface area contributed by atoms with Crippen molar-refractivity contribution in [3.05, 3.63) is 24.8 Å². The van der Waals surface area contributed by atoms with Crippen molar-refractivity contribution in [3.8, 4) is 0 Å². The van der Waals surface area contributed by atoms with E-state index in [0.29, 0.717) is 0 Å². The molecular formula is C9H18. The van der Waals surface area contributed by atoms with E-state index >= 15 is 0 Å². The molecule has 0 atom stereocenters. The summed E-state index contributed by atoms with van der Waals surface area (Å²) in [6.45, 7) is 9.71. The minimum Gasteiger partial charge on any atom is -0.0991 e. The molecular weight excluding hydrogens is 108 g/mol. The molecule has 0 aliphatic heterocycles. The topological polar surface area (TPSA) is 0 Å². The zero-order chi connectivity index (χ0) is 7.54. The summed E-state index contributed by atoms with van der Waals surface area (Å²) in [5.74, 6) is 0. The molecule has 0 heteroatoms.